The van der Waals surface area contributed by atoms with Gasteiger partial charge < -0.3 is 10.3 Å². The van der Waals surface area contributed by atoms with Crippen LogP contribution in [-0.4, -0.2) is 15.9 Å². The first-order valence-electron chi connectivity index (χ1n) is 6.31. The van der Waals surface area contributed by atoms with Gasteiger partial charge in [0.2, 0.25) is 5.91 Å². The van der Waals surface area contributed by atoms with Gasteiger partial charge in [-0.2, -0.15) is 0 Å². The molecule has 0 radical (unpaired) electrons. The molecule has 0 bridgehead atoms. The minimum absolute atomic E-state index is 0.141. The van der Waals surface area contributed by atoms with Gasteiger partial charge >= 0.3 is 0 Å². The highest BCUT2D eigenvalue weighted by Crippen LogP contribution is 2.37. The number of hydrogen-bond acceptors (Lipinski definition) is 3. The molecule has 2 aromatic rings. The third-order valence-corrected chi connectivity index (χ3v) is 3.97. The molecule has 1 aliphatic rings. The molecule has 1 aliphatic heterocycles. The molecule has 108 valence electrons. The van der Waals surface area contributed by atoms with Crippen molar-refractivity contribution < 1.29 is 4.79 Å². The third-order valence-electron chi connectivity index (χ3n) is 3.41. The molecule has 2 heterocycles. The molecule has 0 spiro atoms. The predicted octanol–water partition coefficient (Wildman–Crippen LogP) is 2.86. The number of aromatic amines is 1. The molecular weight excluding hydrogens is 313 g/mol. The maximum absolute atomic E-state index is 12.2. The molecule has 0 saturated carbocycles. The minimum atomic E-state index is -0.435. The van der Waals surface area contributed by atoms with E-state index < -0.39 is 5.92 Å². The predicted molar refractivity (Wildman–Crippen MR) is 81.1 cm³/mol. The number of H-pyrrole nitrogens is 1. The quantitative estimate of drug-likeness (QED) is 0.847. The van der Waals surface area contributed by atoms with Crippen LogP contribution in [0.15, 0.2) is 23.0 Å². The van der Waals surface area contributed by atoms with E-state index in [0.29, 0.717) is 32.8 Å². The van der Waals surface area contributed by atoms with E-state index in [1.165, 1.54) is 0 Å². The van der Waals surface area contributed by atoms with Gasteiger partial charge in [-0.3, -0.25) is 9.59 Å². The molecule has 0 aliphatic carbocycles. The Morgan fingerprint density at radius 1 is 1.29 bits per heavy atom. The fourth-order valence-electron chi connectivity index (χ4n) is 2.53. The molecule has 21 heavy (non-hydrogen) atoms. The van der Waals surface area contributed by atoms with Gasteiger partial charge in [0.05, 0.1) is 5.56 Å². The molecule has 2 N–H and O–H groups in total. The van der Waals surface area contributed by atoms with Crippen molar-refractivity contribution in [1.29, 1.82) is 0 Å². The molecule has 0 fully saturated rings. The van der Waals surface area contributed by atoms with Crippen LogP contribution in [0.5, 0.6) is 0 Å². The number of benzene rings is 1. The van der Waals surface area contributed by atoms with Crippen LogP contribution in [0.3, 0.4) is 0 Å². The molecule has 3 rings (SSSR count). The van der Waals surface area contributed by atoms with Crippen molar-refractivity contribution in [3.63, 3.8) is 0 Å². The van der Waals surface area contributed by atoms with Crippen LogP contribution in [-0.2, 0) is 4.79 Å². The van der Waals surface area contributed by atoms with Crippen LogP contribution >= 0.6 is 23.2 Å². The van der Waals surface area contributed by atoms with Crippen molar-refractivity contribution >= 4 is 34.9 Å². The summed E-state index contributed by atoms with van der Waals surface area (Å²) >= 11 is 12.1. The number of rotatable bonds is 1. The first-order valence-corrected chi connectivity index (χ1v) is 7.07. The maximum atomic E-state index is 12.2. The Bertz CT molecular complexity index is 801. The van der Waals surface area contributed by atoms with Gasteiger partial charge in [0.15, 0.2) is 0 Å². The van der Waals surface area contributed by atoms with Crippen molar-refractivity contribution in [1.82, 2.24) is 9.97 Å². The summed E-state index contributed by atoms with van der Waals surface area (Å²) in [6, 6.07) is 5.02. The topological polar surface area (TPSA) is 74.8 Å². The lowest BCUT2D eigenvalue weighted by molar-refractivity contribution is -0.116. The zero-order valence-corrected chi connectivity index (χ0v) is 12.5. The van der Waals surface area contributed by atoms with Gasteiger partial charge in [-0.1, -0.05) is 29.3 Å². The molecule has 7 heteroatoms. The lowest BCUT2D eigenvalue weighted by Crippen LogP contribution is -2.31. The van der Waals surface area contributed by atoms with E-state index in [4.69, 9.17) is 23.2 Å². The highest BCUT2D eigenvalue weighted by Gasteiger charge is 2.31. The number of carbonyl (C=O) groups excluding carboxylic acids is 1. The fraction of sp³-hybridized carbons (Fsp3) is 0.214. The summed E-state index contributed by atoms with van der Waals surface area (Å²) in [5.41, 5.74) is 0.839. The van der Waals surface area contributed by atoms with E-state index in [0.717, 1.165) is 0 Å². The van der Waals surface area contributed by atoms with E-state index in [9.17, 15) is 9.59 Å². The number of hydrogen-bond donors (Lipinski definition) is 2. The van der Waals surface area contributed by atoms with Crippen molar-refractivity contribution in [3.8, 4) is 0 Å². The van der Waals surface area contributed by atoms with Crippen molar-refractivity contribution in [2.45, 2.75) is 19.3 Å². The third kappa shape index (κ3) is 2.54. The molecule has 0 saturated heterocycles. The molecular formula is C14H11Cl2N3O2. The van der Waals surface area contributed by atoms with Crippen LogP contribution in [0, 0.1) is 6.92 Å². The van der Waals surface area contributed by atoms with E-state index in [1.54, 1.807) is 25.1 Å². The second-order valence-corrected chi connectivity index (χ2v) is 5.73. The van der Waals surface area contributed by atoms with Gasteiger partial charge in [0.1, 0.15) is 11.6 Å². The van der Waals surface area contributed by atoms with Crippen molar-refractivity contribution in [3.05, 3.63) is 55.5 Å². The normalized spacial score (nSPS) is 17.3. The number of fused-ring (bicyclic) bond motifs is 1. The first-order chi connectivity index (χ1) is 9.95. The Balaban J connectivity index is 2.22. The Hall–Kier alpha value is -1.85. The number of anilines is 1. The summed E-state index contributed by atoms with van der Waals surface area (Å²) in [6.07, 6.45) is 0.141. The van der Waals surface area contributed by atoms with Crippen LogP contribution in [0.2, 0.25) is 10.0 Å². The summed E-state index contributed by atoms with van der Waals surface area (Å²) in [6.45, 7) is 1.66. The second kappa shape index (κ2) is 5.16. The van der Waals surface area contributed by atoms with Gasteiger partial charge in [-0.05, 0) is 24.6 Å². The largest absolute Gasteiger partial charge is 0.310 e. The Labute approximate surface area is 130 Å². The van der Waals surface area contributed by atoms with Crippen LogP contribution < -0.4 is 10.9 Å². The highest BCUT2D eigenvalue weighted by atomic mass is 35.5. The number of nitrogens with zero attached hydrogens (tertiary/aromatic N) is 1. The van der Waals surface area contributed by atoms with Crippen molar-refractivity contribution in [2.24, 2.45) is 0 Å². The lowest BCUT2D eigenvalue weighted by atomic mass is 9.87. The number of amides is 1. The molecule has 0 unspecified atom stereocenters. The van der Waals surface area contributed by atoms with Crippen LogP contribution in [0.4, 0.5) is 5.82 Å². The van der Waals surface area contributed by atoms with Gasteiger partial charge in [0, 0.05) is 22.4 Å². The average molecular weight is 324 g/mol. The standard InChI is InChI=1S/C14H11Cl2N3O2/c1-6-17-13-12(14(21)18-6)9(5-11(20)19-13)8-3-2-7(15)4-10(8)16/h2-4,9H,5H2,1H3,(H2,17,18,19,20,21)/t9-/m1/s1. The Kier molecular flexibility index (Phi) is 3.47. The number of aromatic nitrogens is 2. The van der Waals surface area contributed by atoms with E-state index in [2.05, 4.69) is 15.3 Å². The zero-order chi connectivity index (χ0) is 15.1. The smallest absolute Gasteiger partial charge is 0.256 e. The van der Waals surface area contributed by atoms with E-state index >= 15 is 0 Å². The second-order valence-electron chi connectivity index (χ2n) is 4.88. The van der Waals surface area contributed by atoms with E-state index in [1.807, 2.05) is 0 Å². The molecule has 1 aromatic carbocycles. The summed E-state index contributed by atoms with van der Waals surface area (Å²) in [5, 5.41) is 3.56. The van der Waals surface area contributed by atoms with E-state index in [-0.39, 0.29) is 17.9 Å². The van der Waals surface area contributed by atoms with Gasteiger partial charge in [-0.15, -0.1) is 0 Å². The van der Waals surface area contributed by atoms with Gasteiger partial charge in [-0.25, -0.2) is 4.98 Å². The Morgan fingerprint density at radius 2 is 2.05 bits per heavy atom. The Morgan fingerprint density at radius 3 is 2.76 bits per heavy atom. The number of nitrogens with one attached hydrogen (secondary N) is 2. The van der Waals surface area contributed by atoms with Crippen LogP contribution in [0.1, 0.15) is 29.3 Å². The van der Waals surface area contributed by atoms with Crippen molar-refractivity contribution in [2.75, 3.05) is 5.32 Å². The zero-order valence-electron chi connectivity index (χ0n) is 11.0. The summed E-state index contributed by atoms with van der Waals surface area (Å²) in [4.78, 5) is 31.0. The average Bonchev–Trinajstić information content (AvgIpc) is 2.36. The van der Waals surface area contributed by atoms with Crippen LogP contribution in [0.25, 0.3) is 0 Å². The SMILES string of the molecule is Cc1nc2c(c(=O)[nH]1)[C@@H](c1ccc(Cl)cc1Cl)CC(=O)N2. The molecule has 1 atom stereocenters. The monoisotopic (exact) mass is 323 g/mol. The molecule has 1 amide bonds. The number of halogens is 2. The minimum Gasteiger partial charge on any atom is -0.310 e. The fourth-order valence-corrected chi connectivity index (χ4v) is 3.07. The number of aryl methyl sites for hydroxylation is 1. The summed E-state index contributed by atoms with van der Waals surface area (Å²) < 4.78 is 0. The summed E-state index contributed by atoms with van der Waals surface area (Å²) in [7, 11) is 0. The lowest BCUT2D eigenvalue weighted by Gasteiger charge is -2.25. The maximum Gasteiger partial charge on any atom is 0.256 e. The first kappa shape index (κ1) is 14.1. The molecule has 5 nitrogen and oxygen atoms in total. The molecule has 1 aromatic heterocycles. The van der Waals surface area contributed by atoms with Gasteiger partial charge in [0.25, 0.3) is 5.56 Å². The summed E-state index contributed by atoms with van der Waals surface area (Å²) in [5.74, 6) is 0.108. The number of carbonyl (C=O) groups is 1. The highest BCUT2D eigenvalue weighted by molar-refractivity contribution is 6.35.